The van der Waals surface area contributed by atoms with E-state index in [0.29, 0.717) is 13.2 Å². The highest BCUT2D eigenvalue weighted by Gasteiger charge is 2.15. The van der Waals surface area contributed by atoms with E-state index in [0.717, 1.165) is 27.5 Å². The third kappa shape index (κ3) is 4.09. The van der Waals surface area contributed by atoms with Crippen LogP contribution in [0.5, 0.6) is 0 Å². The van der Waals surface area contributed by atoms with Crippen LogP contribution in [-0.2, 0) is 31.9 Å². The first-order chi connectivity index (χ1) is 11.1. The van der Waals surface area contributed by atoms with Gasteiger partial charge in [-0.1, -0.05) is 30.3 Å². The van der Waals surface area contributed by atoms with Crippen molar-refractivity contribution in [3.05, 3.63) is 47.0 Å². The molecule has 4 heteroatoms. The van der Waals surface area contributed by atoms with Crippen molar-refractivity contribution in [1.29, 1.82) is 0 Å². The number of fused-ring (bicyclic) bond motifs is 1. The molecule has 122 valence electrons. The summed E-state index contributed by atoms with van der Waals surface area (Å²) >= 11 is 0. The molecule has 0 unspecified atom stereocenters. The van der Waals surface area contributed by atoms with Gasteiger partial charge < -0.3 is 9.47 Å². The standard InChI is InChI=1S/C19H22O4/c1-4-22-18(20)11-14-10-15(12-19(21)23-5-2)17-9-7-6-8-16(17)13(14)3/h6-10H,4-5,11-12H2,1-3H3. The molecule has 2 aromatic rings. The summed E-state index contributed by atoms with van der Waals surface area (Å²) in [6.45, 7) is 6.29. The first kappa shape index (κ1) is 17.0. The van der Waals surface area contributed by atoms with Gasteiger partial charge in [-0.25, -0.2) is 0 Å². The predicted molar refractivity (Wildman–Crippen MR) is 89.4 cm³/mol. The van der Waals surface area contributed by atoms with Crippen LogP contribution < -0.4 is 0 Å². The zero-order valence-electron chi connectivity index (χ0n) is 13.8. The van der Waals surface area contributed by atoms with Gasteiger partial charge in [0.15, 0.2) is 0 Å². The Morgan fingerprint density at radius 1 is 0.870 bits per heavy atom. The average Bonchev–Trinajstić information content (AvgIpc) is 2.52. The minimum atomic E-state index is -0.261. The Hall–Kier alpha value is -2.36. The molecule has 0 saturated carbocycles. The Bertz CT molecular complexity index is 719. The molecule has 0 amide bonds. The number of ether oxygens (including phenoxy) is 2. The molecule has 2 aromatic carbocycles. The second-order valence-electron chi connectivity index (χ2n) is 5.33. The molecule has 0 aliphatic carbocycles. The second-order valence-corrected chi connectivity index (χ2v) is 5.33. The molecule has 0 aliphatic heterocycles. The summed E-state index contributed by atoms with van der Waals surface area (Å²) in [4.78, 5) is 23.7. The SMILES string of the molecule is CCOC(=O)Cc1cc(CC(=O)OCC)c2ccccc2c1C. The zero-order valence-corrected chi connectivity index (χ0v) is 13.8. The van der Waals surface area contributed by atoms with Gasteiger partial charge in [0.1, 0.15) is 0 Å². The van der Waals surface area contributed by atoms with Crippen molar-refractivity contribution in [2.75, 3.05) is 13.2 Å². The van der Waals surface area contributed by atoms with Crippen molar-refractivity contribution in [1.82, 2.24) is 0 Å². The number of aryl methyl sites for hydroxylation is 1. The first-order valence-corrected chi connectivity index (χ1v) is 7.88. The smallest absolute Gasteiger partial charge is 0.310 e. The van der Waals surface area contributed by atoms with Crippen LogP contribution in [0.4, 0.5) is 0 Å². The summed E-state index contributed by atoms with van der Waals surface area (Å²) in [6, 6.07) is 9.82. The predicted octanol–water partition coefficient (Wildman–Crippen LogP) is 3.36. The largest absolute Gasteiger partial charge is 0.466 e. The Morgan fingerprint density at radius 2 is 1.39 bits per heavy atom. The van der Waals surface area contributed by atoms with Gasteiger partial charge in [0, 0.05) is 0 Å². The van der Waals surface area contributed by atoms with Gasteiger partial charge in [0.05, 0.1) is 26.1 Å². The van der Waals surface area contributed by atoms with E-state index < -0.39 is 0 Å². The highest BCUT2D eigenvalue weighted by Crippen LogP contribution is 2.27. The van der Waals surface area contributed by atoms with E-state index in [1.165, 1.54) is 0 Å². The number of carbonyl (C=O) groups excluding carboxylic acids is 2. The van der Waals surface area contributed by atoms with Gasteiger partial charge >= 0.3 is 11.9 Å². The maximum Gasteiger partial charge on any atom is 0.310 e. The average molecular weight is 314 g/mol. The van der Waals surface area contributed by atoms with Crippen LogP contribution in [0.15, 0.2) is 30.3 Å². The van der Waals surface area contributed by atoms with E-state index in [1.54, 1.807) is 13.8 Å². The number of carbonyl (C=O) groups is 2. The normalized spacial score (nSPS) is 10.6. The molecule has 0 saturated heterocycles. The number of benzene rings is 2. The minimum Gasteiger partial charge on any atom is -0.466 e. The highest BCUT2D eigenvalue weighted by molar-refractivity contribution is 5.93. The molecule has 0 spiro atoms. The van der Waals surface area contributed by atoms with E-state index in [4.69, 9.17) is 9.47 Å². The number of rotatable bonds is 6. The van der Waals surface area contributed by atoms with E-state index in [1.807, 2.05) is 37.3 Å². The van der Waals surface area contributed by atoms with Crippen molar-refractivity contribution >= 4 is 22.7 Å². The molecular formula is C19H22O4. The van der Waals surface area contributed by atoms with E-state index in [-0.39, 0.29) is 24.8 Å². The summed E-state index contributed by atoms with van der Waals surface area (Å²) in [5.41, 5.74) is 2.81. The number of esters is 2. The lowest BCUT2D eigenvalue weighted by Gasteiger charge is -2.14. The summed E-state index contributed by atoms with van der Waals surface area (Å²) in [7, 11) is 0. The quantitative estimate of drug-likeness (QED) is 0.767. The van der Waals surface area contributed by atoms with Crippen molar-refractivity contribution in [3.8, 4) is 0 Å². The Labute approximate surface area is 136 Å². The van der Waals surface area contributed by atoms with E-state index in [9.17, 15) is 9.59 Å². The molecule has 0 N–H and O–H groups in total. The lowest BCUT2D eigenvalue weighted by molar-refractivity contribution is -0.143. The Morgan fingerprint density at radius 3 is 1.96 bits per heavy atom. The summed E-state index contributed by atoms with van der Waals surface area (Å²) in [5, 5.41) is 2.07. The molecule has 23 heavy (non-hydrogen) atoms. The van der Waals surface area contributed by atoms with Crippen LogP contribution in [0.2, 0.25) is 0 Å². The van der Waals surface area contributed by atoms with Crippen LogP contribution in [0, 0.1) is 6.92 Å². The van der Waals surface area contributed by atoms with Gasteiger partial charge in [-0.15, -0.1) is 0 Å². The van der Waals surface area contributed by atoms with Crippen LogP contribution in [0.3, 0.4) is 0 Å². The molecule has 0 atom stereocenters. The molecule has 0 radical (unpaired) electrons. The van der Waals surface area contributed by atoms with Gasteiger partial charge in [-0.05, 0) is 48.2 Å². The zero-order chi connectivity index (χ0) is 16.8. The van der Waals surface area contributed by atoms with E-state index >= 15 is 0 Å². The van der Waals surface area contributed by atoms with Crippen LogP contribution in [0.25, 0.3) is 10.8 Å². The third-order valence-corrected chi connectivity index (χ3v) is 3.79. The molecule has 0 heterocycles. The molecule has 4 nitrogen and oxygen atoms in total. The third-order valence-electron chi connectivity index (χ3n) is 3.79. The van der Waals surface area contributed by atoms with Crippen molar-refractivity contribution in [3.63, 3.8) is 0 Å². The van der Waals surface area contributed by atoms with Crippen LogP contribution >= 0.6 is 0 Å². The fourth-order valence-corrected chi connectivity index (χ4v) is 2.72. The van der Waals surface area contributed by atoms with Crippen molar-refractivity contribution in [2.24, 2.45) is 0 Å². The highest BCUT2D eigenvalue weighted by atomic mass is 16.5. The van der Waals surface area contributed by atoms with Gasteiger partial charge in [-0.3, -0.25) is 9.59 Å². The molecular weight excluding hydrogens is 292 g/mol. The van der Waals surface area contributed by atoms with Crippen LogP contribution in [-0.4, -0.2) is 25.2 Å². The maximum atomic E-state index is 11.9. The molecule has 0 fully saturated rings. The number of hydrogen-bond acceptors (Lipinski definition) is 4. The summed E-state index contributed by atoms with van der Waals surface area (Å²) in [6.07, 6.45) is 0.408. The van der Waals surface area contributed by atoms with Gasteiger partial charge in [-0.2, -0.15) is 0 Å². The maximum absolute atomic E-state index is 11.9. The summed E-state index contributed by atoms with van der Waals surface area (Å²) in [5.74, 6) is -0.517. The van der Waals surface area contributed by atoms with E-state index in [2.05, 4.69) is 0 Å². The van der Waals surface area contributed by atoms with Gasteiger partial charge in [0.2, 0.25) is 0 Å². The minimum absolute atomic E-state index is 0.199. The number of hydrogen-bond donors (Lipinski definition) is 0. The summed E-state index contributed by atoms with van der Waals surface area (Å²) < 4.78 is 10.1. The molecule has 0 bridgehead atoms. The topological polar surface area (TPSA) is 52.6 Å². The molecule has 0 aromatic heterocycles. The van der Waals surface area contributed by atoms with Crippen LogP contribution in [0.1, 0.15) is 30.5 Å². The fourth-order valence-electron chi connectivity index (χ4n) is 2.72. The lowest BCUT2D eigenvalue weighted by Crippen LogP contribution is -2.11. The van der Waals surface area contributed by atoms with Crippen molar-refractivity contribution in [2.45, 2.75) is 33.6 Å². The molecule has 0 aliphatic rings. The Kier molecular flexibility index (Phi) is 5.74. The lowest BCUT2D eigenvalue weighted by atomic mass is 9.92. The fraction of sp³-hybridized carbons (Fsp3) is 0.368. The van der Waals surface area contributed by atoms with Gasteiger partial charge in [0.25, 0.3) is 0 Å². The monoisotopic (exact) mass is 314 g/mol. The molecule has 2 rings (SSSR count). The first-order valence-electron chi connectivity index (χ1n) is 7.88. The Balaban J connectivity index is 2.45. The second kappa shape index (κ2) is 7.77. The van der Waals surface area contributed by atoms with Crippen molar-refractivity contribution < 1.29 is 19.1 Å².